The van der Waals surface area contributed by atoms with Crippen LogP contribution in [-0.2, 0) is 6.54 Å². The van der Waals surface area contributed by atoms with Gasteiger partial charge in [-0.3, -0.25) is 4.68 Å². The molecule has 0 spiro atoms. The van der Waals surface area contributed by atoms with Crippen LogP contribution in [0.2, 0.25) is 0 Å². The molecule has 2 rings (SSSR count). The molecule has 2 heterocycles. The van der Waals surface area contributed by atoms with Gasteiger partial charge in [0.1, 0.15) is 0 Å². The van der Waals surface area contributed by atoms with E-state index in [4.69, 9.17) is 5.73 Å². The summed E-state index contributed by atoms with van der Waals surface area (Å²) in [6, 6.07) is 0. The van der Waals surface area contributed by atoms with Crippen molar-refractivity contribution < 1.29 is 0 Å². The summed E-state index contributed by atoms with van der Waals surface area (Å²) < 4.78 is 1.82. The number of rotatable bonds is 2. The Bertz CT molecular complexity index is 424. The Morgan fingerprint density at radius 3 is 2.79 bits per heavy atom. The van der Waals surface area contributed by atoms with Gasteiger partial charge < -0.3 is 5.73 Å². The largest absolute Gasteiger partial charge is 0.396 e. The standard InChI is InChI=1S/C9H12N4S/c1-6-9(10)4-13(12-6)3-8-5-14-7(2)11-8/h4-5H,3,10H2,1-2H3. The fourth-order valence-electron chi connectivity index (χ4n) is 1.26. The van der Waals surface area contributed by atoms with Crippen LogP contribution in [0.15, 0.2) is 11.6 Å². The SMILES string of the molecule is Cc1nc(Cn2cc(N)c(C)n2)cs1. The molecule has 0 aliphatic heterocycles. The maximum absolute atomic E-state index is 5.70. The zero-order chi connectivity index (χ0) is 10.1. The summed E-state index contributed by atoms with van der Waals surface area (Å²) in [5.41, 5.74) is 8.34. The average molecular weight is 208 g/mol. The maximum atomic E-state index is 5.70. The van der Waals surface area contributed by atoms with Crippen molar-refractivity contribution in [1.82, 2.24) is 14.8 Å². The Kier molecular flexibility index (Phi) is 2.25. The van der Waals surface area contributed by atoms with Crippen molar-refractivity contribution in [2.45, 2.75) is 20.4 Å². The fraction of sp³-hybridized carbons (Fsp3) is 0.333. The minimum Gasteiger partial charge on any atom is -0.396 e. The third-order valence-corrected chi connectivity index (χ3v) is 2.80. The molecule has 2 aromatic rings. The quantitative estimate of drug-likeness (QED) is 0.815. The average Bonchev–Trinajstić information content (AvgIpc) is 2.62. The highest BCUT2D eigenvalue weighted by molar-refractivity contribution is 7.09. The minimum atomic E-state index is 0.697. The molecule has 0 fully saturated rings. The lowest BCUT2D eigenvalue weighted by Gasteiger charge is -1.95. The second kappa shape index (κ2) is 3.42. The lowest BCUT2D eigenvalue weighted by Crippen LogP contribution is -2.00. The molecular formula is C9H12N4S. The van der Waals surface area contributed by atoms with Crippen LogP contribution in [0, 0.1) is 13.8 Å². The lowest BCUT2D eigenvalue weighted by atomic mass is 10.4. The number of nitrogens with zero attached hydrogens (tertiary/aromatic N) is 3. The van der Waals surface area contributed by atoms with Crippen LogP contribution < -0.4 is 5.73 Å². The number of hydrogen-bond acceptors (Lipinski definition) is 4. The summed E-state index contributed by atoms with van der Waals surface area (Å²) in [5, 5.41) is 7.40. The molecule has 0 aliphatic rings. The Balaban J connectivity index is 2.18. The number of hydrogen-bond donors (Lipinski definition) is 1. The Labute approximate surface area is 86.4 Å². The van der Waals surface area contributed by atoms with Gasteiger partial charge in [-0.2, -0.15) is 5.10 Å². The van der Waals surface area contributed by atoms with Crippen molar-refractivity contribution in [3.63, 3.8) is 0 Å². The lowest BCUT2D eigenvalue weighted by molar-refractivity contribution is 0.668. The van der Waals surface area contributed by atoms with Gasteiger partial charge in [0.15, 0.2) is 0 Å². The summed E-state index contributed by atoms with van der Waals surface area (Å²) in [6.07, 6.45) is 1.84. The van der Waals surface area contributed by atoms with Crippen LogP contribution in [0.3, 0.4) is 0 Å². The van der Waals surface area contributed by atoms with Gasteiger partial charge in [0.25, 0.3) is 0 Å². The van der Waals surface area contributed by atoms with E-state index in [1.165, 1.54) is 0 Å². The molecule has 0 saturated heterocycles. The van der Waals surface area contributed by atoms with E-state index >= 15 is 0 Å². The van der Waals surface area contributed by atoms with Gasteiger partial charge in [-0.15, -0.1) is 11.3 Å². The van der Waals surface area contributed by atoms with Gasteiger partial charge in [-0.25, -0.2) is 4.98 Å². The summed E-state index contributed by atoms with van der Waals surface area (Å²) in [7, 11) is 0. The van der Waals surface area contributed by atoms with Crippen molar-refractivity contribution in [1.29, 1.82) is 0 Å². The Hall–Kier alpha value is -1.36. The van der Waals surface area contributed by atoms with Crippen LogP contribution in [0.5, 0.6) is 0 Å². The predicted molar refractivity (Wildman–Crippen MR) is 57.3 cm³/mol. The molecule has 0 aromatic carbocycles. The smallest absolute Gasteiger partial charge is 0.0898 e. The van der Waals surface area contributed by atoms with E-state index < -0.39 is 0 Å². The van der Waals surface area contributed by atoms with Crippen LogP contribution in [0.25, 0.3) is 0 Å². The first kappa shape index (κ1) is 9.21. The molecule has 2 aromatic heterocycles. The molecule has 2 N–H and O–H groups in total. The molecule has 0 saturated carbocycles. The minimum absolute atomic E-state index is 0.697. The molecule has 0 radical (unpaired) electrons. The van der Waals surface area contributed by atoms with Crippen molar-refractivity contribution >= 4 is 17.0 Å². The first-order valence-electron chi connectivity index (χ1n) is 4.35. The van der Waals surface area contributed by atoms with Gasteiger partial charge in [-0.05, 0) is 13.8 Å². The topological polar surface area (TPSA) is 56.7 Å². The predicted octanol–water partition coefficient (Wildman–Crippen LogP) is 1.59. The highest BCUT2D eigenvalue weighted by Crippen LogP contribution is 2.11. The van der Waals surface area contributed by atoms with Crippen LogP contribution in [0.4, 0.5) is 5.69 Å². The van der Waals surface area contributed by atoms with E-state index in [9.17, 15) is 0 Å². The van der Waals surface area contributed by atoms with Crippen molar-refractivity contribution in [3.8, 4) is 0 Å². The molecule has 0 unspecified atom stereocenters. The Morgan fingerprint density at radius 2 is 2.29 bits per heavy atom. The van der Waals surface area contributed by atoms with Crippen molar-refractivity contribution in [3.05, 3.63) is 28.0 Å². The van der Waals surface area contributed by atoms with Gasteiger partial charge in [0.05, 0.1) is 28.6 Å². The van der Waals surface area contributed by atoms with Crippen LogP contribution in [-0.4, -0.2) is 14.8 Å². The molecule has 5 heteroatoms. The van der Waals surface area contributed by atoms with Gasteiger partial charge in [-0.1, -0.05) is 0 Å². The first-order valence-corrected chi connectivity index (χ1v) is 5.23. The fourth-order valence-corrected chi connectivity index (χ4v) is 1.86. The van der Waals surface area contributed by atoms with Crippen LogP contribution >= 0.6 is 11.3 Å². The second-order valence-corrected chi connectivity index (χ2v) is 4.29. The molecular weight excluding hydrogens is 196 g/mol. The molecule has 0 amide bonds. The Morgan fingerprint density at radius 1 is 1.50 bits per heavy atom. The zero-order valence-corrected chi connectivity index (χ0v) is 9.01. The van der Waals surface area contributed by atoms with Gasteiger partial charge >= 0.3 is 0 Å². The summed E-state index contributed by atoms with van der Waals surface area (Å²) in [6.45, 7) is 4.59. The number of aromatic nitrogens is 3. The third kappa shape index (κ3) is 1.77. The number of thiazole rings is 1. The summed E-state index contributed by atoms with van der Waals surface area (Å²) in [5.74, 6) is 0. The van der Waals surface area contributed by atoms with Crippen LogP contribution in [0.1, 0.15) is 16.4 Å². The molecule has 4 nitrogen and oxygen atoms in total. The maximum Gasteiger partial charge on any atom is 0.0898 e. The van der Waals surface area contributed by atoms with Gasteiger partial charge in [0, 0.05) is 11.6 Å². The molecule has 14 heavy (non-hydrogen) atoms. The van der Waals surface area contributed by atoms with E-state index in [2.05, 4.69) is 10.1 Å². The summed E-state index contributed by atoms with van der Waals surface area (Å²) >= 11 is 1.65. The van der Waals surface area contributed by atoms with E-state index in [1.54, 1.807) is 11.3 Å². The van der Waals surface area contributed by atoms with Crippen molar-refractivity contribution in [2.24, 2.45) is 0 Å². The first-order chi connectivity index (χ1) is 6.65. The number of nitrogens with two attached hydrogens (primary N) is 1. The van der Waals surface area contributed by atoms with E-state index in [-0.39, 0.29) is 0 Å². The highest BCUT2D eigenvalue weighted by Gasteiger charge is 2.03. The number of anilines is 1. The number of nitrogen functional groups attached to an aromatic ring is 1. The third-order valence-electron chi connectivity index (χ3n) is 1.97. The van der Waals surface area contributed by atoms with Crippen molar-refractivity contribution in [2.75, 3.05) is 5.73 Å². The highest BCUT2D eigenvalue weighted by atomic mass is 32.1. The normalized spacial score (nSPS) is 10.7. The molecule has 0 aliphatic carbocycles. The number of aryl methyl sites for hydroxylation is 2. The summed E-state index contributed by atoms with van der Waals surface area (Å²) in [4.78, 5) is 4.36. The van der Waals surface area contributed by atoms with E-state index in [0.717, 1.165) is 22.1 Å². The van der Waals surface area contributed by atoms with E-state index in [0.29, 0.717) is 6.54 Å². The monoisotopic (exact) mass is 208 g/mol. The van der Waals surface area contributed by atoms with E-state index in [1.807, 2.05) is 30.1 Å². The molecule has 0 bridgehead atoms. The zero-order valence-electron chi connectivity index (χ0n) is 8.19. The molecule has 74 valence electrons. The molecule has 0 atom stereocenters. The second-order valence-electron chi connectivity index (χ2n) is 3.23. The van der Waals surface area contributed by atoms with Gasteiger partial charge in [0.2, 0.25) is 0 Å².